The third-order valence-corrected chi connectivity index (χ3v) is 8.38. The van der Waals surface area contributed by atoms with Crippen molar-refractivity contribution < 1.29 is 9.59 Å². The van der Waals surface area contributed by atoms with Crippen molar-refractivity contribution in [3.63, 3.8) is 0 Å². The fraction of sp³-hybridized carbons (Fsp3) is 0.292. The molecule has 158 valence electrons. The largest absolute Gasteiger partial charge is 0.307 e. The number of benzene rings is 2. The monoisotopic (exact) mass is 450 g/mol. The molecule has 0 aliphatic carbocycles. The Hall–Kier alpha value is -2.64. The predicted molar refractivity (Wildman–Crippen MR) is 124 cm³/mol. The van der Waals surface area contributed by atoms with Gasteiger partial charge in [-0.3, -0.25) is 14.4 Å². The van der Waals surface area contributed by atoms with Gasteiger partial charge in [-0.1, -0.05) is 86.3 Å². The van der Waals surface area contributed by atoms with Crippen LogP contribution in [0.15, 0.2) is 64.4 Å². The fourth-order valence-corrected chi connectivity index (χ4v) is 6.91. The van der Waals surface area contributed by atoms with E-state index >= 15 is 0 Å². The maximum Gasteiger partial charge on any atom is 0.305 e. The van der Waals surface area contributed by atoms with Crippen LogP contribution in [-0.4, -0.2) is 22.0 Å². The van der Waals surface area contributed by atoms with Gasteiger partial charge < -0.3 is 4.98 Å². The van der Waals surface area contributed by atoms with Crippen molar-refractivity contribution in [1.82, 2.24) is 4.98 Å². The number of fused-ring (bicyclic) bond motifs is 2. The van der Waals surface area contributed by atoms with Crippen molar-refractivity contribution in [2.75, 3.05) is 4.90 Å². The summed E-state index contributed by atoms with van der Waals surface area (Å²) in [6, 6.07) is 17.3. The Morgan fingerprint density at radius 2 is 1.58 bits per heavy atom. The molecule has 7 heteroatoms. The summed E-state index contributed by atoms with van der Waals surface area (Å²) in [6.07, 6.45) is 0. The summed E-state index contributed by atoms with van der Waals surface area (Å²) in [7, 11) is 0. The number of nitrogens with one attached hydrogen (secondary N) is 1. The van der Waals surface area contributed by atoms with Crippen molar-refractivity contribution in [3.8, 4) is 0 Å². The third kappa shape index (κ3) is 3.27. The molecule has 2 amide bonds. The Balaban J connectivity index is 1.63. The van der Waals surface area contributed by atoms with E-state index in [4.69, 9.17) is 0 Å². The minimum Gasteiger partial charge on any atom is -0.307 e. The van der Waals surface area contributed by atoms with Crippen LogP contribution >= 0.6 is 23.1 Å². The zero-order valence-electron chi connectivity index (χ0n) is 17.4. The van der Waals surface area contributed by atoms with Crippen LogP contribution < -0.4 is 9.77 Å². The second-order valence-corrected chi connectivity index (χ2v) is 11.1. The first-order chi connectivity index (χ1) is 14.8. The number of aromatic amines is 1. The molecule has 31 heavy (non-hydrogen) atoms. The van der Waals surface area contributed by atoms with E-state index in [2.05, 4.69) is 37.9 Å². The third-order valence-electron chi connectivity index (χ3n) is 5.97. The minimum absolute atomic E-state index is 0.0107. The van der Waals surface area contributed by atoms with Crippen molar-refractivity contribution in [2.45, 2.75) is 42.4 Å². The van der Waals surface area contributed by atoms with Crippen LogP contribution in [0.5, 0.6) is 0 Å². The Morgan fingerprint density at radius 3 is 2.23 bits per heavy atom. The summed E-state index contributed by atoms with van der Waals surface area (Å²) in [6.45, 7) is 6.46. The number of nitrogens with zero attached hydrogens (tertiary/aromatic N) is 1. The number of para-hydroxylation sites is 1. The number of rotatable bonds is 2. The molecule has 3 heterocycles. The van der Waals surface area contributed by atoms with Crippen LogP contribution in [0.4, 0.5) is 5.69 Å². The average Bonchev–Trinajstić information content (AvgIpc) is 3.23. The number of thiazole rings is 1. The molecular weight excluding hydrogens is 428 g/mol. The maximum atomic E-state index is 13.6. The molecule has 2 aliphatic rings. The van der Waals surface area contributed by atoms with Crippen molar-refractivity contribution >= 4 is 40.6 Å². The van der Waals surface area contributed by atoms with E-state index < -0.39 is 11.2 Å². The number of hydrogen-bond donors (Lipinski definition) is 1. The Kier molecular flexibility index (Phi) is 4.71. The van der Waals surface area contributed by atoms with Crippen LogP contribution in [-0.2, 0) is 15.0 Å². The molecule has 5 rings (SSSR count). The number of anilines is 1. The highest BCUT2D eigenvalue weighted by Gasteiger charge is 2.56. The number of H-pyrrole nitrogens is 1. The zero-order valence-corrected chi connectivity index (χ0v) is 19.0. The summed E-state index contributed by atoms with van der Waals surface area (Å²) < 4.78 is 0. The van der Waals surface area contributed by atoms with Crippen LogP contribution in [0.1, 0.15) is 42.7 Å². The van der Waals surface area contributed by atoms with Crippen molar-refractivity contribution in [3.05, 3.63) is 80.3 Å². The molecule has 2 aliphatic heterocycles. The van der Waals surface area contributed by atoms with Gasteiger partial charge in [-0.15, -0.1) is 0 Å². The topological polar surface area (TPSA) is 70.2 Å². The van der Waals surface area contributed by atoms with Gasteiger partial charge in [-0.2, -0.15) is 0 Å². The van der Waals surface area contributed by atoms with E-state index in [0.29, 0.717) is 10.7 Å². The lowest BCUT2D eigenvalue weighted by Crippen LogP contribution is -2.32. The molecule has 1 aromatic heterocycles. The van der Waals surface area contributed by atoms with E-state index in [9.17, 15) is 14.4 Å². The minimum atomic E-state index is -0.558. The number of carbonyl (C=O) groups is 2. The first kappa shape index (κ1) is 20.3. The molecular formula is C24H22N2O3S2. The molecule has 1 N–H and O–H groups in total. The molecule has 0 bridgehead atoms. The molecule has 1 saturated heterocycles. The van der Waals surface area contributed by atoms with Gasteiger partial charge in [0.15, 0.2) is 0 Å². The smallest absolute Gasteiger partial charge is 0.305 e. The highest BCUT2D eigenvalue weighted by Crippen LogP contribution is 2.53. The Morgan fingerprint density at radius 1 is 0.903 bits per heavy atom. The predicted octanol–water partition coefficient (Wildman–Crippen LogP) is 4.53. The second-order valence-electron chi connectivity index (χ2n) is 8.97. The molecule has 1 fully saturated rings. The van der Waals surface area contributed by atoms with E-state index in [-0.39, 0.29) is 28.0 Å². The molecule has 3 atom stereocenters. The van der Waals surface area contributed by atoms with E-state index in [1.54, 1.807) is 12.1 Å². The van der Waals surface area contributed by atoms with Gasteiger partial charge in [0.1, 0.15) is 5.25 Å². The van der Waals surface area contributed by atoms with Crippen LogP contribution in [0.2, 0.25) is 0 Å². The highest BCUT2D eigenvalue weighted by atomic mass is 32.2. The standard InChI is InChI=1S/C24H22N2O3S2/c1-24(2,3)14-11-9-13(10-12-14)16-17-19(30-20-18(16)31-23(29)25-20)22(28)26(21(17)27)15-7-5-4-6-8-15/h4-12,16-17,19H,1-3H3,(H,25,29). The molecule has 0 radical (unpaired) electrons. The van der Waals surface area contributed by atoms with Gasteiger partial charge in [0.2, 0.25) is 11.8 Å². The summed E-state index contributed by atoms with van der Waals surface area (Å²) in [4.78, 5) is 43.9. The maximum absolute atomic E-state index is 13.6. The van der Waals surface area contributed by atoms with Gasteiger partial charge >= 0.3 is 4.87 Å². The van der Waals surface area contributed by atoms with Gasteiger partial charge in [0, 0.05) is 10.8 Å². The first-order valence-electron chi connectivity index (χ1n) is 10.2. The molecule has 0 saturated carbocycles. The summed E-state index contributed by atoms with van der Waals surface area (Å²) >= 11 is 2.45. The van der Waals surface area contributed by atoms with E-state index in [1.165, 1.54) is 22.2 Å². The number of thioether (sulfide) groups is 1. The summed E-state index contributed by atoms with van der Waals surface area (Å²) in [5, 5.41) is 0.148. The van der Waals surface area contributed by atoms with E-state index in [1.807, 2.05) is 30.3 Å². The van der Waals surface area contributed by atoms with Gasteiger partial charge in [0.25, 0.3) is 0 Å². The van der Waals surface area contributed by atoms with Crippen molar-refractivity contribution in [1.29, 1.82) is 0 Å². The number of aromatic nitrogens is 1. The van der Waals surface area contributed by atoms with E-state index in [0.717, 1.165) is 21.8 Å². The number of amides is 2. The highest BCUT2D eigenvalue weighted by molar-refractivity contribution is 8.00. The van der Waals surface area contributed by atoms with Gasteiger partial charge in [-0.05, 0) is 28.7 Å². The number of imide groups is 1. The molecule has 3 aromatic rings. The van der Waals surface area contributed by atoms with Crippen LogP contribution in [0.3, 0.4) is 0 Å². The second kappa shape index (κ2) is 7.21. The molecule has 0 spiro atoms. The van der Waals surface area contributed by atoms with Crippen LogP contribution in [0, 0.1) is 5.92 Å². The quantitative estimate of drug-likeness (QED) is 0.583. The lowest BCUT2D eigenvalue weighted by molar-refractivity contribution is -0.122. The number of hydrogen-bond acceptors (Lipinski definition) is 5. The summed E-state index contributed by atoms with van der Waals surface area (Å²) in [5.74, 6) is -1.30. The zero-order chi connectivity index (χ0) is 21.9. The fourth-order valence-electron chi connectivity index (χ4n) is 4.40. The van der Waals surface area contributed by atoms with Crippen molar-refractivity contribution in [2.24, 2.45) is 5.92 Å². The Bertz CT molecular complexity index is 1220. The van der Waals surface area contributed by atoms with Gasteiger partial charge in [-0.25, -0.2) is 4.90 Å². The first-order valence-corrected chi connectivity index (χ1v) is 11.9. The molecule has 3 unspecified atom stereocenters. The Labute approximate surface area is 188 Å². The molecule has 5 nitrogen and oxygen atoms in total. The lowest BCUT2D eigenvalue weighted by Gasteiger charge is -2.30. The lowest BCUT2D eigenvalue weighted by atomic mass is 9.81. The molecule has 2 aromatic carbocycles. The SMILES string of the molecule is CC(C)(C)c1ccc(C2c3sc(=O)[nH]c3SC3C(=O)N(c4ccccc4)C(=O)C32)cc1. The number of carbonyl (C=O) groups excluding carboxylic acids is 2. The van der Waals surface area contributed by atoms with Crippen LogP contribution in [0.25, 0.3) is 0 Å². The van der Waals surface area contributed by atoms with Gasteiger partial charge in [0.05, 0.1) is 16.6 Å². The average molecular weight is 451 g/mol. The normalized spacial score (nSPS) is 23.1. The summed E-state index contributed by atoms with van der Waals surface area (Å²) in [5.41, 5.74) is 2.75.